The Morgan fingerprint density at radius 1 is 1.75 bits per heavy atom. The Hall–Kier alpha value is -1.32. The fourth-order valence-corrected chi connectivity index (χ4v) is 0.912. The van der Waals surface area contributed by atoms with Gasteiger partial charge in [0.15, 0.2) is 5.69 Å². The molecule has 0 saturated carbocycles. The van der Waals surface area contributed by atoms with Gasteiger partial charge in [0, 0.05) is 19.5 Å². The van der Waals surface area contributed by atoms with Crippen LogP contribution in [0.1, 0.15) is 29.6 Å². The lowest BCUT2D eigenvalue weighted by Gasteiger charge is -1.88. The Morgan fingerprint density at radius 3 is 3.08 bits per heavy atom. The average Bonchev–Trinajstić information content (AvgIpc) is 2.52. The van der Waals surface area contributed by atoms with Crippen LogP contribution in [0.25, 0.3) is 0 Å². The molecule has 12 heavy (non-hydrogen) atoms. The van der Waals surface area contributed by atoms with Gasteiger partial charge < -0.3 is 9.84 Å². The second-order valence-corrected chi connectivity index (χ2v) is 2.51. The van der Waals surface area contributed by atoms with Crippen LogP contribution in [-0.2, 0) is 6.42 Å². The summed E-state index contributed by atoms with van der Waals surface area (Å²) in [6, 6.07) is 1.67. The predicted octanol–water partition coefficient (Wildman–Crippen LogP) is 0.987. The number of nitrogens with zero attached hydrogens (tertiary/aromatic N) is 1. The molecule has 1 N–H and O–H groups in total. The summed E-state index contributed by atoms with van der Waals surface area (Å²) in [5.74, 6) is 0.553. The molecule has 0 aliphatic rings. The highest BCUT2D eigenvalue weighted by molar-refractivity contribution is 5.91. The summed E-state index contributed by atoms with van der Waals surface area (Å²) >= 11 is 0. The maximum absolute atomic E-state index is 11.0. The number of carbonyl (C=O) groups excluding carboxylic acids is 1. The molecule has 0 aliphatic heterocycles. The molecule has 0 bridgehead atoms. The topological polar surface area (TPSA) is 55.1 Å². The molecular weight excluding hydrogens is 156 g/mol. The fourth-order valence-electron chi connectivity index (χ4n) is 0.912. The van der Waals surface area contributed by atoms with Crippen LogP contribution in [0.4, 0.5) is 0 Å². The number of rotatable bonds is 3. The smallest absolute Gasteiger partial charge is 0.273 e. The largest absolute Gasteiger partial charge is 0.361 e. The first kappa shape index (κ1) is 8.77. The molecule has 1 amide bonds. The number of aromatic nitrogens is 1. The maximum atomic E-state index is 11.0. The van der Waals surface area contributed by atoms with E-state index in [4.69, 9.17) is 4.52 Å². The molecule has 1 aromatic rings. The lowest BCUT2D eigenvalue weighted by molar-refractivity contribution is 0.0954. The van der Waals surface area contributed by atoms with Gasteiger partial charge in [0.05, 0.1) is 0 Å². The zero-order chi connectivity index (χ0) is 8.97. The first-order valence-corrected chi connectivity index (χ1v) is 3.95. The predicted molar refractivity (Wildman–Crippen MR) is 43.9 cm³/mol. The van der Waals surface area contributed by atoms with E-state index in [2.05, 4.69) is 10.5 Å². The van der Waals surface area contributed by atoms with Crippen molar-refractivity contribution in [2.75, 3.05) is 7.05 Å². The molecule has 0 aromatic carbocycles. The van der Waals surface area contributed by atoms with E-state index < -0.39 is 0 Å². The zero-order valence-electron chi connectivity index (χ0n) is 7.26. The maximum Gasteiger partial charge on any atom is 0.273 e. The Bertz CT molecular complexity index is 268. The highest BCUT2D eigenvalue weighted by Gasteiger charge is 2.09. The molecule has 0 aliphatic carbocycles. The van der Waals surface area contributed by atoms with Crippen LogP contribution >= 0.6 is 0 Å². The molecule has 0 unspecified atom stereocenters. The quantitative estimate of drug-likeness (QED) is 0.732. The molecule has 1 heterocycles. The van der Waals surface area contributed by atoms with Crippen molar-refractivity contribution in [3.8, 4) is 0 Å². The van der Waals surface area contributed by atoms with Crippen LogP contribution in [0.2, 0.25) is 0 Å². The zero-order valence-corrected chi connectivity index (χ0v) is 7.26. The van der Waals surface area contributed by atoms with E-state index in [-0.39, 0.29) is 5.91 Å². The summed E-state index contributed by atoms with van der Waals surface area (Å²) in [6.45, 7) is 2.04. The number of carbonyl (C=O) groups is 1. The van der Waals surface area contributed by atoms with E-state index in [1.807, 2.05) is 6.92 Å². The Labute approximate surface area is 70.9 Å². The van der Waals surface area contributed by atoms with Gasteiger partial charge in [-0.25, -0.2) is 0 Å². The first-order valence-electron chi connectivity index (χ1n) is 3.95. The second kappa shape index (κ2) is 3.90. The van der Waals surface area contributed by atoms with Crippen molar-refractivity contribution < 1.29 is 9.32 Å². The van der Waals surface area contributed by atoms with E-state index in [1.165, 1.54) is 0 Å². The molecule has 4 heteroatoms. The van der Waals surface area contributed by atoms with Crippen molar-refractivity contribution in [1.29, 1.82) is 0 Å². The van der Waals surface area contributed by atoms with Gasteiger partial charge in [0.2, 0.25) is 0 Å². The van der Waals surface area contributed by atoms with Gasteiger partial charge in [-0.2, -0.15) is 0 Å². The SMILES string of the molecule is CCCc1cc(C(=O)NC)no1. The molecule has 0 fully saturated rings. The lowest BCUT2D eigenvalue weighted by Crippen LogP contribution is -2.17. The Balaban J connectivity index is 2.70. The number of hydrogen-bond donors (Lipinski definition) is 1. The lowest BCUT2D eigenvalue weighted by atomic mass is 10.2. The summed E-state index contributed by atoms with van der Waals surface area (Å²) in [5.41, 5.74) is 0.348. The van der Waals surface area contributed by atoms with Crippen LogP contribution in [0.5, 0.6) is 0 Å². The molecule has 0 spiro atoms. The summed E-state index contributed by atoms with van der Waals surface area (Å²) in [4.78, 5) is 11.0. The normalized spacial score (nSPS) is 9.83. The second-order valence-electron chi connectivity index (χ2n) is 2.51. The molecule has 0 radical (unpaired) electrons. The van der Waals surface area contributed by atoms with Crippen molar-refractivity contribution >= 4 is 5.91 Å². The van der Waals surface area contributed by atoms with E-state index in [9.17, 15) is 4.79 Å². The van der Waals surface area contributed by atoms with Crippen molar-refractivity contribution in [2.45, 2.75) is 19.8 Å². The van der Waals surface area contributed by atoms with Gasteiger partial charge in [-0.1, -0.05) is 12.1 Å². The molecule has 0 saturated heterocycles. The summed E-state index contributed by atoms with van der Waals surface area (Å²) in [5, 5.41) is 6.09. The minimum Gasteiger partial charge on any atom is -0.361 e. The molecule has 66 valence electrons. The molecule has 4 nitrogen and oxygen atoms in total. The Morgan fingerprint density at radius 2 is 2.50 bits per heavy atom. The summed E-state index contributed by atoms with van der Waals surface area (Å²) in [7, 11) is 1.57. The number of amides is 1. The van der Waals surface area contributed by atoms with Gasteiger partial charge in [-0.15, -0.1) is 0 Å². The monoisotopic (exact) mass is 168 g/mol. The van der Waals surface area contributed by atoms with Crippen molar-refractivity contribution in [2.24, 2.45) is 0 Å². The highest BCUT2D eigenvalue weighted by Crippen LogP contribution is 2.05. The van der Waals surface area contributed by atoms with E-state index in [0.29, 0.717) is 5.69 Å². The minimum absolute atomic E-state index is 0.207. The van der Waals surface area contributed by atoms with E-state index >= 15 is 0 Å². The van der Waals surface area contributed by atoms with Gasteiger partial charge >= 0.3 is 0 Å². The number of hydrogen-bond acceptors (Lipinski definition) is 3. The number of aryl methyl sites for hydroxylation is 1. The Kier molecular flexibility index (Phi) is 2.85. The third kappa shape index (κ3) is 1.84. The van der Waals surface area contributed by atoms with Gasteiger partial charge in [-0.3, -0.25) is 4.79 Å². The van der Waals surface area contributed by atoms with E-state index in [0.717, 1.165) is 18.6 Å². The molecule has 1 aromatic heterocycles. The van der Waals surface area contributed by atoms with Crippen molar-refractivity contribution in [3.05, 3.63) is 17.5 Å². The van der Waals surface area contributed by atoms with Crippen molar-refractivity contribution in [1.82, 2.24) is 10.5 Å². The van der Waals surface area contributed by atoms with Gasteiger partial charge in [-0.05, 0) is 6.42 Å². The van der Waals surface area contributed by atoms with Crippen LogP contribution < -0.4 is 5.32 Å². The van der Waals surface area contributed by atoms with Crippen LogP contribution in [-0.4, -0.2) is 18.1 Å². The summed E-state index contributed by atoms with van der Waals surface area (Å²) < 4.78 is 4.92. The summed E-state index contributed by atoms with van der Waals surface area (Å²) in [6.07, 6.45) is 1.81. The fraction of sp³-hybridized carbons (Fsp3) is 0.500. The van der Waals surface area contributed by atoms with Crippen LogP contribution in [0, 0.1) is 0 Å². The van der Waals surface area contributed by atoms with E-state index in [1.54, 1.807) is 13.1 Å². The van der Waals surface area contributed by atoms with Crippen molar-refractivity contribution in [3.63, 3.8) is 0 Å². The first-order chi connectivity index (χ1) is 5.77. The highest BCUT2D eigenvalue weighted by atomic mass is 16.5. The third-order valence-corrected chi connectivity index (χ3v) is 1.52. The molecule has 0 atom stereocenters. The average molecular weight is 168 g/mol. The third-order valence-electron chi connectivity index (χ3n) is 1.52. The standard InChI is InChI=1S/C8H12N2O2/c1-3-4-6-5-7(10-12-6)8(11)9-2/h5H,3-4H2,1-2H3,(H,9,11). The molecule has 1 rings (SSSR count). The van der Waals surface area contributed by atoms with Gasteiger partial charge in [0.1, 0.15) is 5.76 Å². The minimum atomic E-state index is -0.207. The van der Waals surface area contributed by atoms with Crippen LogP contribution in [0.3, 0.4) is 0 Å². The number of nitrogens with one attached hydrogen (secondary N) is 1. The van der Waals surface area contributed by atoms with Crippen LogP contribution in [0.15, 0.2) is 10.6 Å². The molecular formula is C8H12N2O2. The van der Waals surface area contributed by atoms with Gasteiger partial charge in [0.25, 0.3) is 5.91 Å².